The van der Waals surface area contributed by atoms with Gasteiger partial charge in [0.25, 0.3) is 5.91 Å². The molecule has 104 valence electrons. The molecule has 2 aromatic rings. The standard InChI is InChI=1S/C14H14N2O3S/c1-8-3-4-11-12(9(8)2)15-14(20-11)16-13(17)10-7-18-5-6-19-10/h3-4,7H,5-6H2,1-2H3,(H,15,16,17). The summed E-state index contributed by atoms with van der Waals surface area (Å²) >= 11 is 1.45. The number of hydrogen-bond donors (Lipinski definition) is 1. The fraction of sp³-hybridized carbons (Fsp3) is 0.286. The van der Waals surface area contributed by atoms with Gasteiger partial charge in [0.2, 0.25) is 5.76 Å². The highest BCUT2D eigenvalue weighted by Gasteiger charge is 2.17. The number of carbonyl (C=O) groups excluding carboxylic acids is 1. The maximum atomic E-state index is 12.0. The Bertz CT molecular complexity index is 706. The predicted octanol–water partition coefficient (Wildman–Crippen LogP) is 2.74. The van der Waals surface area contributed by atoms with Gasteiger partial charge in [-0.15, -0.1) is 0 Å². The van der Waals surface area contributed by atoms with Crippen LogP contribution in [0.2, 0.25) is 0 Å². The van der Waals surface area contributed by atoms with E-state index in [4.69, 9.17) is 9.47 Å². The molecule has 20 heavy (non-hydrogen) atoms. The van der Waals surface area contributed by atoms with Crippen LogP contribution < -0.4 is 5.32 Å². The molecule has 0 spiro atoms. The Labute approximate surface area is 120 Å². The Morgan fingerprint density at radius 2 is 2.20 bits per heavy atom. The van der Waals surface area contributed by atoms with Crippen molar-refractivity contribution in [3.05, 3.63) is 35.3 Å². The molecule has 1 aliphatic rings. The summed E-state index contributed by atoms with van der Waals surface area (Å²) in [7, 11) is 0. The summed E-state index contributed by atoms with van der Waals surface area (Å²) in [5.74, 6) is -0.151. The third-order valence-corrected chi connectivity index (χ3v) is 4.11. The highest BCUT2D eigenvalue weighted by molar-refractivity contribution is 7.22. The number of anilines is 1. The molecule has 5 nitrogen and oxygen atoms in total. The zero-order chi connectivity index (χ0) is 14.1. The number of hydrogen-bond acceptors (Lipinski definition) is 5. The fourth-order valence-electron chi connectivity index (χ4n) is 1.93. The van der Waals surface area contributed by atoms with Crippen LogP contribution in [-0.2, 0) is 14.3 Å². The second-order valence-corrected chi connectivity index (χ2v) is 5.56. The Kier molecular flexibility index (Phi) is 3.31. The number of amides is 1. The lowest BCUT2D eigenvalue weighted by molar-refractivity contribution is -0.117. The van der Waals surface area contributed by atoms with Gasteiger partial charge in [-0.05, 0) is 31.0 Å². The molecule has 0 atom stereocenters. The van der Waals surface area contributed by atoms with Gasteiger partial charge in [0.15, 0.2) is 5.13 Å². The quantitative estimate of drug-likeness (QED) is 0.924. The summed E-state index contributed by atoms with van der Waals surface area (Å²) < 4.78 is 11.4. The van der Waals surface area contributed by atoms with Gasteiger partial charge in [0.1, 0.15) is 19.5 Å². The summed E-state index contributed by atoms with van der Waals surface area (Å²) in [5, 5.41) is 3.31. The molecule has 0 saturated carbocycles. The average molecular weight is 290 g/mol. The van der Waals surface area contributed by atoms with Crippen molar-refractivity contribution in [1.82, 2.24) is 4.98 Å². The Morgan fingerprint density at radius 3 is 2.95 bits per heavy atom. The van der Waals surface area contributed by atoms with E-state index in [1.807, 2.05) is 19.9 Å². The first-order valence-electron chi connectivity index (χ1n) is 6.28. The van der Waals surface area contributed by atoms with E-state index in [9.17, 15) is 4.79 Å². The van der Waals surface area contributed by atoms with Gasteiger partial charge < -0.3 is 9.47 Å². The number of aromatic nitrogens is 1. The first-order chi connectivity index (χ1) is 9.65. The molecule has 0 fully saturated rings. The maximum absolute atomic E-state index is 12.0. The number of thiazole rings is 1. The maximum Gasteiger partial charge on any atom is 0.295 e. The minimum atomic E-state index is -0.335. The van der Waals surface area contributed by atoms with Crippen molar-refractivity contribution in [2.75, 3.05) is 18.5 Å². The van der Waals surface area contributed by atoms with Gasteiger partial charge in [-0.25, -0.2) is 4.98 Å². The van der Waals surface area contributed by atoms with Crippen molar-refractivity contribution in [2.24, 2.45) is 0 Å². The van der Waals surface area contributed by atoms with E-state index in [2.05, 4.69) is 16.4 Å². The summed E-state index contributed by atoms with van der Waals surface area (Å²) in [6, 6.07) is 4.08. The van der Waals surface area contributed by atoms with Gasteiger partial charge in [-0.1, -0.05) is 17.4 Å². The van der Waals surface area contributed by atoms with Crippen LogP contribution in [0.3, 0.4) is 0 Å². The highest BCUT2D eigenvalue weighted by Crippen LogP contribution is 2.29. The molecular weight excluding hydrogens is 276 g/mol. The van der Waals surface area contributed by atoms with E-state index in [-0.39, 0.29) is 11.7 Å². The second kappa shape index (κ2) is 5.13. The Hall–Kier alpha value is -2.08. The van der Waals surface area contributed by atoms with Crippen molar-refractivity contribution in [3.63, 3.8) is 0 Å². The molecule has 0 unspecified atom stereocenters. The van der Waals surface area contributed by atoms with Crippen molar-refractivity contribution >= 4 is 32.6 Å². The highest BCUT2D eigenvalue weighted by atomic mass is 32.1. The van der Waals surface area contributed by atoms with Crippen LogP contribution in [0.25, 0.3) is 10.2 Å². The molecule has 1 aliphatic heterocycles. The molecule has 1 aromatic heterocycles. The smallest absolute Gasteiger partial charge is 0.295 e. The van der Waals surface area contributed by atoms with Crippen LogP contribution in [0.4, 0.5) is 5.13 Å². The van der Waals surface area contributed by atoms with E-state index in [0.717, 1.165) is 15.8 Å². The van der Waals surface area contributed by atoms with Crippen molar-refractivity contribution in [2.45, 2.75) is 13.8 Å². The van der Waals surface area contributed by atoms with E-state index < -0.39 is 0 Å². The zero-order valence-electron chi connectivity index (χ0n) is 11.2. The van der Waals surface area contributed by atoms with Crippen molar-refractivity contribution in [3.8, 4) is 0 Å². The first kappa shape index (κ1) is 12.9. The number of aryl methyl sites for hydroxylation is 2. The zero-order valence-corrected chi connectivity index (χ0v) is 12.0. The number of nitrogens with one attached hydrogen (secondary N) is 1. The van der Waals surface area contributed by atoms with Crippen LogP contribution >= 0.6 is 11.3 Å². The van der Waals surface area contributed by atoms with Gasteiger partial charge in [0, 0.05) is 0 Å². The van der Waals surface area contributed by atoms with Crippen LogP contribution in [0, 0.1) is 13.8 Å². The number of nitrogens with zero attached hydrogens (tertiary/aromatic N) is 1. The molecule has 1 aromatic carbocycles. The lowest BCUT2D eigenvalue weighted by Crippen LogP contribution is -2.20. The summed E-state index contributed by atoms with van der Waals surface area (Å²) in [5.41, 5.74) is 3.25. The number of fused-ring (bicyclic) bond motifs is 1. The molecule has 0 bridgehead atoms. The van der Waals surface area contributed by atoms with Crippen LogP contribution in [0.5, 0.6) is 0 Å². The molecule has 0 radical (unpaired) electrons. The third-order valence-electron chi connectivity index (χ3n) is 3.18. The lowest BCUT2D eigenvalue weighted by atomic mass is 10.1. The third kappa shape index (κ3) is 2.34. The van der Waals surface area contributed by atoms with E-state index >= 15 is 0 Å². The fourth-order valence-corrected chi connectivity index (χ4v) is 2.85. The second-order valence-electron chi connectivity index (χ2n) is 4.53. The van der Waals surface area contributed by atoms with Gasteiger partial charge >= 0.3 is 0 Å². The summed E-state index contributed by atoms with van der Waals surface area (Å²) in [6.45, 7) is 4.93. The topological polar surface area (TPSA) is 60.5 Å². The largest absolute Gasteiger partial charge is 0.494 e. The monoisotopic (exact) mass is 290 g/mol. The minimum Gasteiger partial charge on any atom is -0.494 e. The van der Waals surface area contributed by atoms with E-state index in [0.29, 0.717) is 18.3 Å². The van der Waals surface area contributed by atoms with E-state index in [1.165, 1.54) is 23.2 Å². The minimum absolute atomic E-state index is 0.184. The van der Waals surface area contributed by atoms with Crippen molar-refractivity contribution in [1.29, 1.82) is 0 Å². The molecular formula is C14H14N2O3S. The molecule has 6 heteroatoms. The molecule has 1 N–H and O–H groups in total. The number of benzene rings is 1. The van der Waals surface area contributed by atoms with E-state index in [1.54, 1.807) is 0 Å². The van der Waals surface area contributed by atoms with Crippen LogP contribution in [0.15, 0.2) is 24.2 Å². The number of rotatable bonds is 2. The van der Waals surface area contributed by atoms with Crippen molar-refractivity contribution < 1.29 is 14.3 Å². The molecule has 1 amide bonds. The van der Waals surface area contributed by atoms with Crippen LogP contribution in [0.1, 0.15) is 11.1 Å². The van der Waals surface area contributed by atoms with Gasteiger partial charge in [-0.2, -0.15) is 0 Å². The predicted molar refractivity (Wildman–Crippen MR) is 77.7 cm³/mol. The number of carbonyl (C=O) groups is 1. The Balaban J connectivity index is 1.86. The SMILES string of the molecule is Cc1ccc2sc(NC(=O)C3=COCCO3)nc2c1C. The summed E-state index contributed by atoms with van der Waals surface area (Å²) in [4.78, 5) is 16.4. The van der Waals surface area contributed by atoms with Gasteiger partial charge in [0.05, 0.1) is 10.2 Å². The van der Waals surface area contributed by atoms with Crippen LogP contribution in [-0.4, -0.2) is 24.1 Å². The average Bonchev–Trinajstić information content (AvgIpc) is 2.87. The molecule has 2 heterocycles. The summed E-state index contributed by atoms with van der Waals surface area (Å²) in [6.07, 6.45) is 1.33. The number of ether oxygens (including phenoxy) is 2. The molecule has 0 aliphatic carbocycles. The lowest BCUT2D eigenvalue weighted by Gasteiger charge is -2.14. The normalized spacial score (nSPS) is 14.4. The first-order valence-corrected chi connectivity index (χ1v) is 7.09. The molecule has 3 rings (SSSR count). The molecule has 0 saturated heterocycles. The van der Waals surface area contributed by atoms with Gasteiger partial charge in [-0.3, -0.25) is 10.1 Å². The Morgan fingerprint density at radius 1 is 1.35 bits per heavy atom.